The lowest BCUT2D eigenvalue weighted by molar-refractivity contribution is -0.152. The first-order chi connectivity index (χ1) is 54.1. The van der Waals surface area contributed by atoms with Crippen molar-refractivity contribution in [3.8, 4) is 12.3 Å². The zero-order valence-corrected chi connectivity index (χ0v) is 67.8. The molecule has 0 bridgehead atoms. The third-order valence-electron chi connectivity index (χ3n) is 14.9. The van der Waals surface area contributed by atoms with Crippen LogP contribution in [-0.4, -0.2) is 305 Å². The van der Waals surface area contributed by atoms with Gasteiger partial charge in [0, 0.05) is 65.9 Å². The number of ether oxygens (including phenoxy) is 19. The van der Waals surface area contributed by atoms with E-state index in [1.54, 1.807) is 83.1 Å². The molecule has 4 rings (SSSR count). The third kappa shape index (κ3) is 38.9. The summed E-state index contributed by atoms with van der Waals surface area (Å²) in [6.45, 7) is 20.7. The van der Waals surface area contributed by atoms with Gasteiger partial charge in [-0.05, 0) is 102 Å². The number of nitrogens with one attached hydrogen (secondary N) is 8. The molecule has 8 N–H and O–H groups in total. The number of aliphatic imine (C=N–C) groups is 2. The topological polar surface area (TPSA) is 521 Å². The SMILES string of the molecule is C#CCOCCOCCOCCOCCCOC(=O)N(CCCC(=O)NCCO[C@@H]([C@@H]1OC(C(=O)OC)=C[C@H](N=C(NC(=O)OC(C)(C)C)NC(=O)OC(C)(C)C)[C@H]1NC(C)=O)[C@H]1COC(=O)O1)CCC(=O)NCCOC([C@H]1COC(=O)O1)[C@@H]1OC(C(=O)OC)=CC(N=C(NC(=O)OC(C)(C)C)NC(=O)OC(C)(C)C)[C@H]1NC(C)=O. The Morgan fingerprint density at radius 1 is 0.504 bits per heavy atom. The molecule has 9 amide bonds. The van der Waals surface area contributed by atoms with Crippen LogP contribution >= 0.6 is 0 Å². The lowest BCUT2D eigenvalue weighted by atomic mass is 9.92. The third-order valence-corrected chi connectivity index (χ3v) is 14.9. The summed E-state index contributed by atoms with van der Waals surface area (Å²) in [5.74, 6) is -4.44. The van der Waals surface area contributed by atoms with E-state index in [9.17, 15) is 62.3 Å². The van der Waals surface area contributed by atoms with E-state index in [0.717, 1.165) is 40.2 Å². The van der Waals surface area contributed by atoms with Gasteiger partial charge in [-0.25, -0.2) is 53.1 Å². The molecule has 0 aromatic carbocycles. The van der Waals surface area contributed by atoms with Crippen molar-refractivity contribution in [2.45, 2.75) is 206 Å². The summed E-state index contributed by atoms with van der Waals surface area (Å²) in [7, 11) is 2.09. The van der Waals surface area contributed by atoms with Crippen molar-refractivity contribution in [1.82, 2.24) is 47.4 Å². The molecule has 0 saturated carbocycles. The second-order valence-corrected chi connectivity index (χ2v) is 29.3. The number of carbonyl (C=O) groups is 13. The van der Waals surface area contributed by atoms with Crippen molar-refractivity contribution >= 4 is 90.3 Å². The van der Waals surface area contributed by atoms with E-state index in [2.05, 4.69) is 58.4 Å². The predicted octanol–water partition coefficient (Wildman–Crippen LogP) is 2.23. The van der Waals surface area contributed by atoms with Crippen molar-refractivity contribution in [2.75, 3.05) is 126 Å². The molecule has 10 atom stereocenters. The Kier molecular flexibility index (Phi) is 40.4. The molecule has 4 aliphatic heterocycles. The number of amides is 9. The van der Waals surface area contributed by atoms with Crippen LogP contribution in [0.25, 0.3) is 0 Å². The molecule has 0 radical (unpaired) electrons. The monoisotopic (exact) mass is 1640 g/mol. The minimum Gasteiger partial charge on any atom is -0.478 e. The number of rotatable bonds is 39. The number of carbonyl (C=O) groups excluding carboxylic acids is 13. The first kappa shape index (κ1) is 96.8. The van der Waals surface area contributed by atoms with Crippen molar-refractivity contribution in [1.29, 1.82) is 0 Å². The summed E-state index contributed by atoms with van der Waals surface area (Å²) in [5.41, 5.74) is -4.16. The van der Waals surface area contributed by atoms with Gasteiger partial charge in [0.2, 0.25) is 47.1 Å². The van der Waals surface area contributed by atoms with Crippen molar-refractivity contribution in [3.05, 3.63) is 23.7 Å². The normalized spacial score (nSPS) is 19.6. The number of esters is 2. The van der Waals surface area contributed by atoms with Gasteiger partial charge in [-0.2, -0.15) is 0 Å². The number of hydrogen-bond acceptors (Lipinski definition) is 34. The molecule has 646 valence electrons. The van der Waals surface area contributed by atoms with E-state index in [-0.39, 0.29) is 91.5 Å². The fraction of sp³-hybridized carbons (Fsp3) is 0.708. The van der Waals surface area contributed by atoms with E-state index in [1.807, 2.05) is 0 Å². The Bertz CT molecular complexity index is 3400. The molecular formula is C72H111N11O32. The number of terminal acetylenes is 1. The molecule has 2 unspecified atom stereocenters. The number of guanidine groups is 2. The molecule has 4 aliphatic rings. The molecule has 0 aromatic heterocycles. The van der Waals surface area contributed by atoms with Gasteiger partial charge in [0.25, 0.3) is 0 Å². The van der Waals surface area contributed by atoms with E-state index in [0.29, 0.717) is 26.4 Å². The minimum atomic E-state index is -1.55. The zero-order chi connectivity index (χ0) is 85.6. The second kappa shape index (κ2) is 48.0. The highest BCUT2D eigenvalue weighted by Crippen LogP contribution is 2.32. The van der Waals surface area contributed by atoms with Gasteiger partial charge < -0.3 is 116 Å². The van der Waals surface area contributed by atoms with Gasteiger partial charge in [-0.15, -0.1) is 6.42 Å². The quantitative estimate of drug-likeness (QED) is 0.0109. The average molecular weight is 1640 g/mol. The summed E-state index contributed by atoms with van der Waals surface area (Å²) >= 11 is 0. The highest BCUT2D eigenvalue weighted by molar-refractivity contribution is 6.02. The molecule has 0 spiro atoms. The largest absolute Gasteiger partial charge is 0.508 e. The van der Waals surface area contributed by atoms with Crippen LogP contribution in [0.5, 0.6) is 0 Å². The molecule has 2 fully saturated rings. The van der Waals surface area contributed by atoms with E-state index >= 15 is 0 Å². The van der Waals surface area contributed by atoms with Gasteiger partial charge in [0.05, 0.1) is 97.8 Å². The number of alkyl carbamates (subject to hydrolysis) is 4. The maximum Gasteiger partial charge on any atom is 0.508 e. The number of nitrogens with zero attached hydrogens (tertiary/aromatic N) is 3. The smallest absolute Gasteiger partial charge is 0.478 e. The fourth-order valence-corrected chi connectivity index (χ4v) is 10.5. The second-order valence-electron chi connectivity index (χ2n) is 29.3. The molecule has 4 heterocycles. The maximum atomic E-state index is 13.8. The molecule has 43 nitrogen and oxygen atoms in total. The standard InChI is InChI=1S/C72H111N11O32/c1-18-27-99-32-34-101-36-37-102-35-33-100-28-20-29-105-66(94)83(26-22-51(87)74-24-31-104-55(49-41-107-68(96)111-49)57-53(76-43(3)85)45(39-47(109-57)59(89)98-17)78-61(81-64(92)114-71(10,11)12)82-65(93)115-72(13,14)15)25-19-21-50(86)73-23-30-103-54(48-40-106-67(95)110-48)56-52(75-42(2)84)44(38-46(108-56)58(88)97-16)77-60(79-62(90)112-69(4,5)6)80-63(91)113-70(7,8)9/h1,38-39,44-45,48-49,52-57H,19-37,40-41H2,2-17H3,(H,73,86)(H,74,87)(H,75,84)(H,76,85)(H2,77,79,80,90,91)(H2,78,81,82,92,93)/t44-,45?,48+,49+,52+,53+,54+,55?,56+,57+/m0/s1. The van der Waals surface area contributed by atoms with E-state index in [1.165, 1.54) is 4.90 Å². The van der Waals surface area contributed by atoms with Crippen LogP contribution in [0.15, 0.2) is 33.7 Å². The number of methoxy groups -OCH3 is 2. The highest BCUT2D eigenvalue weighted by atomic mass is 16.8. The molecular weight excluding hydrogens is 1530 g/mol. The summed E-state index contributed by atoms with van der Waals surface area (Å²) in [5, 5.41) is 20.1. The Balaban J connectivity index is 1.54. The zero-order valence-electron chi connectivity index (χ0n) is 67.8. The Labute approximate surface area is 665 Å². The first-order valence-corrected chi connectivity index (χ1v) is 36.8. The minimum absolute atomic E-state index is 0.00419. The summed E-state index contributed by atoms with van der Waals surface area (Å²) in [6, 6.07) is -5.66. The summed E-state index contributed by atoms with van der Waals surface area (Å²) in [6.07, 6.45) is -8.95. The summed E-state index contributed by atoms with van der Waals surface area (Å²) < 4.78 is 105. The van der Waals surface area contributed by atoms with E-state index < -0.39 is 205 Å². The Morgan fingerprint density at radius 2 is 0.878 bits per heavy atom. The van der Waals surface area contributed by atoms with Crippen molar-refractivity contribution in [3.63, 3.8) is 0 Å². The van der Waals surface area contributed by atoms with Crippen LogP contribution in [0.4, 0.5) is 33.6 Å². The fourth-order valence-electron chi connectivity index (χ4n) is 10.5. The molecule has 2 saturated heterocycles. The van der Waals surface area contributed by atoms with Crippen molar-refractivity contribution < 1.29 is 152 Å². The summed E-state index contributed by atoms with van der Waals surface area (Å²) in [4.78, 5) is 182. The lowest BCUT2D eigenvalue weighted by Crippen LogP contribution is -2.61. The average Bonchev–Trinajstić information content (AvgIpc) is 1.74. The molecule has 0 aliphatic carbocycles. The van der Waals surface area contributed by atoms with Crippen molar-refractivity contribution in [2.24, 2.45) is 9.98 Å². The molecule has 43 heteroatoms. The molecule has 0 aromatic rings. The molecule has 115 heavy (non-hydrogen) atoms. The predicted molar refractivity (Wildman–Crippen MR) is 397 cm³/mol. The van der Waals surface area contributed by atoms with Crippen LogP contribution < -0.4 is 42.5 Å². The van der Waals surface area contributed by atoms with Crippen LogP contribution in [0, 0.1) is 12.3 Å². The van der Waals surface area contributed by atoms with Gasteiger partial charge >= 0.3 is 54.7 Å². The van der Waals surface area contributed by atoms with Gasteiger partial charge in [0.1, 0.15) is 54.4 Å². The number of cyclic esters (lactones) is 4. The van der Waals surface area contributed by atoms with Crippen LogP contribution in [-0.2, 0) is 119 Å². The van der Waals surface area contributed by atoms with E-state index in [4.69, 9.17) is 96.4 Å². The van der Waals surface area contributed by atoms with Crippen LogP contribution in [0.2, 0.25) is 0 Å². The first-order valence-electron chi connectivity index (χ1n) is 36.8. The Morgan fingerprint density at radius 3 is 1.23 bits per heavy atom. The number of hydrogen-bond donors (Lipinski definition) is 8. The van der Waals surface area contributed by atoms with Gasteiger partial charge in [-0.3, -0.25) is 40.4 Å². The van der Waals surface area contributed by atoms with Crippen LogP contribution in [0.3, 0.4) is 0 Å². The lowest BCUT2D eigenvalue weighted by Gasteiger charge is -2.40. The van der Waals surface area contributed by atoms with Crippen LogP contribution in [0.1, 0.15) is 123 Å². The van der Waals surface area contributed by atoms with Gasteiger partial charge in [0.15, 0.2) is 24.4 Å². The maximum absolute atomic E-state index is 13.8. The Hall–Kier alpha value is -10.5. The van der Waals surface area contributed by atoms with Gasteiger partial charge in [-0.1, -0.05) is 5.92 Å². The highest BCUT2D eigenvalue weighted by Gasteiger charge is 2.51.